The smallest absolute Gasteiger partial charge is 0.274 e. The Hall–Kier alpha value is -3.09. The molecule has 2 amide bonds. The van der Waals surface area contributed by atoms with Crippen LogP contribution in [0.1, 0.15) is 41.0 Å². The number of rotatable bonds is 3. The van der Waals surface area contributed by atoms with E-state index in [0.717, 1.165) is 24.1 Å². The third-order valence-corrected chi connectivity index (χ3v) is 5.89. The molecule has 6 nitrogen and oxygen atoms in total. The number of carbonyl (C=O) groups excluding carboxylic acids is 2. The molecule has 7 heteroatoms. The van der Waals surface area contributed by atoms with E-state index in [-0.39, 0.29) is 17.6 Å². The monoisotopic (exact) mass is 408 g/mol. The lowest BCUT2D eigenvalue weighted by Gasteiger charge is -2.42. The number of likely N-dealkylation sites (tertiary alicyclic amines) is 1. The summed E-state index contributed by atoms with van der Waals surface area (Å²) in [6.45, 7) is 3.72. The van der Waals surface area contributed by atoms with Gasteiger partial charge in [-0.15, -0.1) is 0 Å². The molecule has 2 aliphatic rings. The molecule has 1 aromatic carbocycles. The first-order valence-electron chi connectivity index (χ1n) is 10.2. The van der Waals surface area contributed by atoms with Crippen LogP contribution in [-0.4, -0.2) is 51.2 Å². The third kappa shape index (κ3) is 4.10. The first kappa shape index (κ1) is 20.2. The van der Waals surface area contributed by atoms with Gasteiger partial charge in [0.05, 0.1) is 17.3 Å². The molecule has 1 atom stereocenters. The number of aryl methyl sites for hydroxylation is 1. The molecule has 30 heavy (non-hydrogen) atoms. The van der Waals surface area contributed by atoms with Gasteiger partial charge < -0.3 is 9.80 Å². The van der Waals surface area contributed by atoms with Crippen LogP contribution in [0.25, 0.3) is 0 Å². The Bertz CT molecular complexity index is 958. The highest BCUT2D eigenvalue weighted by atomic mass is 19.1. The summed E-state index contributed by atoms with van der Waals surface area (Å²) in [6.07, 6.45) is 9.22. The average Bonchev–Trinajstić information content (AvgIpc) is 2.90. The molecule has 2 aliphatic heterocycles. The van der Waals surface area contributed by atoms with E-state index in [1.807, 2.05) is 19.1 Å². The van der Waals surface area contributed by atoms with Gasteiger partial charge in [-0.1, -0.05) is 24.3 Å². The number of hydrogen-bond acceptors (Lipinski definition) is 4. The lowest BCUT2D eigenvalue weighted by molar-refractivity contribution is -0.144. The van der Waals surface area contributed by atoms with Crippen LogP contribution in [0.2, 0.25) is 0 Å². The zero-order chi connectivity index (χ0) is 21.1. The van der Waals surface area contributed by atoms with Gasteiger partial charge in [0.1, 0.15) is 11.5 Å². The Balaban J connectivity index is 1.54. The number of benzene rings is 1. The van der Waals surface area contributed by atoms with E-state index in [1.165, 1.54) is 18.3 Å². The van der Waals surface area contributed by atoms with Crippen molar-refractivity contribution in [3.63, 3.8) is 0 Å². The van der Waals surface area contributed by atoms with Crippen LogP contribution in [0, 0.1) is 18.2 Å². The van der Waals surface area contributed by atoms with Crippen LogP contribution in [0.5, 0.6) is 0 Å². The molecule has 1 aromatic heterocycles. The molecule has 0 radical (unpaired) electrons. The number of aromatic nitrogens is 2. The predicted molar refractivity (Wildman–Crippen MR) is 110 cm³/mol. The zero-order valence-electron chi connectivity index (χ0n) is 17.1. The van der Waals surface area contributed by atoms with Gasteiger partial charge in [-0.3, -0.25) is 14.6 Å². The minimum Gasteiger partial charge on any atom is -0.336 e. The van der Waals surface area contributed by atoms with E-state index in [1.54, 1.807) is 28.1 Å². The molecule has 0 aliphatic carbocycles. The Kier molecular flexibility index (Phi) is 5.61. The molecule has 4 rings (SSSR count). The van der Waals surface area contributed by atoms with E-state index in [0.29, 0.717) is 38.3 Å². The molecule has 1 fully saturated rings. The van der Waals surface area contributed by atoms with Crippen molar-refractivity contribution in [3.05, 3.63) is 71.6 Å². The predicted octanol–water partition coefficient (Wildman–Crippen LogP) is 3.14. The quantitative estimate of drug-likeness (QED) is 0.732. The number of amides is 2. The summed E-state index contributed by atoms with van der Waals surface area (Å²) < 4.78 is 13.2. The highest BCUT2D eigenvalue weighted by Gasteiger charge is 2.45. The van der Waals surface area contributed by atoms with Crippen LogP contribution in [0.15, 0.2) is 48.8 Å². The normalized spacial score (nSPS) is 21.7. The summed E-state index contributed by atoms with van der Waals surface area (Å²) in [4.78, 5) is 38.5. The topological polar surface area (TPSA) is 66.4 Å². The largest absolute Gasteiger partial charge is 0.336 e. The maximum Gasteiger partial charge on any atom is 0.274 e. The van der Waals surface area contributed by atoms with Crippen LogP contribution in [0.4, 0.5) is 4.39 Å². The van der Waals surface area contributed by atoms with Crippen LogP contribution in [-0.2, 0) is 11.3 Å². The first-order chi connectivity index (χ1) is 14.5. The molecule has 1 unspecified atom stereocenters. The van der Waals surface area contributed by atoms with Gasteiger partial charge in [0.2, 0.25) is 5.91 Å². The van der Waals surface area contributed by atoms with Crippen LogP contribution < -0.4 is 0 Å². The van der Waals surface area contributed by atoms with Crippen molar-refractivity contribution in [3.8, 4) is 0 Å². The zero-order valence-corrected chi connectivity index (χ0v) is 17.1. The van der Waals surface area contributed by atoms with Crippen molar-refractivity contribution in [1.82, 2.24) is 19.8 Å². The SMILES string of the molecule is Cc1cnc(C(=O)N2CCCC3(CC=CCN(Cc4ccc(F)cc4)C3=O)C2)cn1. The summed E-state index contributed by atoms with van der Waals surface area (Å²) in [5.41, 5.74) is 1.30. The summed E-state index contributed by atoms with van der Waals surface area (Å²) in [5.74, 6) is -0.435. The Morgan fingerprint density at radius 1 is 1.17 bits per heavy atom. The molecule has 1 spiro atoms. The maximum absolute atomic E-state index is 13.6. The van der Waals surface area contributed by atoms with E-state index in [2.05, 4.69) is 9.97 Å². The Morgan fingerprint density at radius 2 is 1.97 bits per heavy atom. The average molecular weight is 408 g/mol. The van der Waals surface area contributed by atoms with E-state index in [4.69, 9.17) is 0 Å². The molecule has 156 valence electrons. The number of hydrogen-bond donors (Lipinski definition) is 0. The maximum atomic E-state index is 13.6. The second-order valence-corrected chi connectivity index (χ2v) is 8.14. The Labute approximate surface area is 175 Å². The van der Waals surface area contributed by atoms with Crippen LogP contribution in [0.3, 0.4) is 0 Å². The molecule has 0 N–H and O–H groups in total. The van der Waals surface area contributed by atoms with Gasteiger partial charge in [-0.2, -0.15) is 0 Å². The molecule has 3 heterocycles. The molecule has 0 bridgehead atoms. The minimum absolute atomic E-state index is 0.0457. The van der Waals surface area contributed by atoms with Crippen LogP contribution >= 0.6 is 0 Å². The number of piperidine rings is 1. The molecule has 0 saturated carbocycles. The van der Waals surface area contributed by atoms with Crippen molar-refractivity contribution in [2.45, 2.75) is 32.7 Å². The number of carbonyl (C=O) groups is 2. The van der Waals surface area contributed by atoms with Gasteiger partial charge in [-0.25, -0.2) is 9.37 Å². The molecular weight excluding hydrogens is 383 g/mol. The molecule has 2 aromatic rings. The van der Waals surface area contributed by atoms with Gasteiger partial charge >= 0.3 is 0 Å². The fraction of sp³-hybridized carbons (Fsp3) is 0.391. The molecular formula is C23H25FN4O2. The van der Waals surface area contributed by atoms with Crippen molar-refractivity contribution >= 4 is 11.8 Å². The summed E-state index contributed by atoms with van der Waals surface area (Å²) in [7, 11) is 0. The highest BCUT2D eigenvalue weighted by molar-refractivity contribution is 5.93. The van der Waals surface area contributed by atoms with Crippen molar-refractivity contribution in [1.29, 1.82) is 0 Å². The lowest BCUT2D eigenvalue weighted by Crippen LogP contribution is -2.53. The lowest BCUT2D eigenvalue weighted by atomic mass is 9.76. The fourth-order valence-corrected chi connectivity index (χ4v) is 4.27. The summed E-state index contributed by atoms with van der Waals surface area (Å²) >= 11 is 0. The Morgan fingerprint density at radius 3 is 2.70 bits per heavy atom. The van der Waals surface area contributed by atoms with Gasteiger partial charge in [0.25, 0.3) is 5.91 Å². The van der Waals surface area contributed by atoms with Gasteiger partial charge in [0.15, 0.2) is 0 Å². The van der Waals surface area contributed by atoms with E-state index < -0.39 is 5.41 Å². The number of nitrogens with zero attached hydrogens (tertiary/aromatic N) is 4. The first-order valence-corrected chi connectivity index (χ1v) is 10.2. The van der Waals surface area contributed by atoms with Crippen molar-refractivity contribution < 1.29 is 14.0 Å². The van der Waals surface area contributed by atoms with Crippen molar-refractivity contribution in [2.24, 2.45) is 5.41 Å². The minimum atomic E-state index is -0.640. The highest BCUT2D eigenvalue weighted by Crippen LogP contribution is 2.38. The van der Waals surface area contributed by atoms with E-state index >= 15 is 0 Å². The van der Waals surface area contributed by atoms with Gasteiger partial charge in [0, 0.05) is 32.4 Å². The number of allylic oxidation sites excluding steroid dienone is 1. The second-order valence-electron chi connectivity index (χ2n) is 8.14. The molecule has 1 saturated heterocycles. The van der Waals surface area contributed by atoms with E-state index in [9.17, 15) is 14.0 Å². The summed E-state index contributed by atoms with van der Waals surface area (Å²) in [5, 5.41) is 0. The second kappa shape index (κ2) is 8.34. The standard InChI is InChI=1S/C23H25FN4O2/c1-17-13-26-20(14-25-17)21(29)28-12-4-10-23(16-28)9-2-3-11-27(22(23)30)15-18-5-7-19(24)8-6-18/h2-3,5-8,13-14H,4,9-12,15-16H2,1H3. The van der Waals surface area contributed by atoms with Gasteiger partial charge in [-0.05, 0) is 43.9 Å². The van der Waals surface area contributed by atoms with Crippen molar-refractivity contribution in [2.75, 3.05) is 19.6 Å². The third-order valence-electron chi connectivity index (χ3n) is 5.89. The number of halogens is 1. The fourth-order valence-electron chi connectivity index (χ4n) is 4.27. The summed E-state index contributed by atoms with van der Waals surface area (Å²) in [6, 6.07) is 6.23.